The number of hydrogen-bond donors (Lipinski definition) is 4. The van der Waals surface area contributed by atoms with E-state index in [4.69, 9.17) is 5.11 Å². The molecule has 22 heavy (non-hydrogen) atoms. The van der Waals surface area contributed by atoms with E-state index in [2.05, 4.69) is 16.0 Å². The molecule has 0 aliphatic carbocycles. The van der Waals surface area contributed by atoms with Gasteiger partial charge in [-0.15, -0.1) is 0 Å². The van der Waals surface area contributed by atoms with Crippen molar-refractivity contribution in [3.8, 4) is 0 Å². The molecule has 1 heterocycles. The van der Waals surface area contributed by atoms with Gasteiger partial charge in [-0.1, -0.05) is 13.8 Å². The first-order chi connectivity index (χ1) is 10.3. The maximum atomic E-state index is 12.1. The van der Waals surface area contributed by atoms with Crippen LogP contribution >= 0.6 is 0 Å². The summed E-state index contributed by atoms with van der Waals surface area (Å²) in [4.78, 5) is 45.5. The van der Waals surface area contributed by atoms with Crippen molar-refractivity contribution in [1.29, 1.82) is 0 Å². The zero-order valence-corrected chi connectivity index (χ0v) is 12.8. The number of carboxylic acid groups (broad SMARTS) is 1. The molecule has 0 aromatic heterocycles. The fourth-order valence-electron chi connectivity index (χ4n) is 2.46. The van der Waals surface area contributed by atoms with Gasteiger partial charge >= 0.3 is 6.09 Å². The van der Waals surface area contributed by atoms with E-state index in [-0.39, 0.29) is 24.2 Å². The smallest absolute Gasteiger partial charge is 0.405 e. The molecule has 1 aliphatic rings. The van der Waals surface area contributed by atoms with Crippen molar-refractivity contribution in [3.63, 3.8) is 0 Å². The number of carbonyl (C=O) groups is 4. The van der Waals surface area contributed by atoms with Crippen molar-refractivity contribution >= 4 is 24.2 Å². The molecule has 0 aromatic carbocycles. The van der Waals surface area contributed by atoms with Gasteiger partial charge in [-0.05, 0) is 25.2 Å². The van der Waals surface area contributed by atoms with E-state index in [1.54, 1.807) is 0 Å². The van der Waals surface area contributed by atoms with Gasteiger partial charge in [0, 0.05) is 12.5 Å². The van der Waals surface area contributed by atoms with E-state index in [1.165, 1.54) is 0 Å². The molecule has 1 rings (SSSR count). The van der Waals surface area contributed by atoms with Gasteiger partial charge in [-0.25, -0.2) is 4.79 Å². The van der Waals surface area contributed by atoms with Gasteiger partial charge in [0.15, 0.2) is 0 Å². The summed E-state index contributed by atoms with van der Waals surface area (Å²) >= 11 is 0. The van der Waals surface area contributed by atoms with Crippen LogP contribution in [-0.2, 0) is 14.4 Å². The minimum absolute atomic E-state index is 0.109. The first-order valence-corrected chi connectivity index (χ1v) is 7.36. The van der Waals surface area contributed by atoms with E-state index < -0.39 is 24.1 Å². The predicted molar refractivity (Wildman–Crippen MR) is 78.1 cm³/mol. The molecular formula is C14H23N3O5. The molecule has 0 aromatic rings. The van der Waals surface area contributed by atoms with Crippen molar-refractivity contribution < 1.29 is 24.3 Å². The lowest BCUT2D eigenvalue weighted by Gasteiger charge is -2.22. The maximum absolute atomic E-state index is 12.1. The van der Waals surface area contributed by atoms with Crippen LogP contribution in [0, 0.1) is 11.8 Å². The standard InChI is InChI=1S/C14H23N3O5/c1-8(2)5-11(17-14(21)22)13(20)16-10(7-18)6-9-3-4-15-12(9)19/h7-11,17H,3-6H2,1-2H3,(H,15,19)(H,16,20)(H,21,22)/t9?,10-,11-/m0/s1. The largest absolute Gasteiger partial charge is 0.465 e. The van der Waals surface area contributed by atoms with Gasteiger partial charge in [-0.3, -0.25) is 9.59 Å². The summed E-state index contributed by atoms with van der Waals surface area (Å²) in [6, 6.07) is -1.72. The molecule has 1 saturated heterocycles. The first kappa shape index (κ1) is 17.9. The molecule has 3 amide bonds. The lowest BCUT2D eigenvalue weighted by Crippen LogP contribution is -2.50. The highest BCUT2D eigenvalue weighted by atomic mass is 16.4. The van der Waals surface area contributed by atoms with E-state index in [9.17, 15) is 19.2 Å². The lowest BCUT2D eigenvalue weighted by atomic mass is 9.98. The highest BCUT2D eigenvalue weighted by molar-refractivity contribution is 5.87. The first-order valence-electron chi connectivity index (χ1n) is 7.36. The molecule has 0 saturated carbocycles. The van der Waals surface area contributed by atoms with Gasteiger partial charge in [0.2, 0.25) is 11.8 Å². The van der Waals surface area contributed by atoms with E-state index in [0.717, 1.165) is 0 Å². The number of aldehydes is 1. The molecule has 1 unspecified atom stereocenters. The fraction of sp³-hybridized carbons (Fsp3) is 0.714. The Morgan fingerprint density at radius 3 is 2.55 bits per heavy atom. The highest BCUT2D eigenvalue weighted by Crippen LogP contribution is 2.15. The average molecular weight is 313 g/mol. The Morgan fingerprint density at radius 1 is 1.41 bits per heavy atom. The third-order valence-corrected chi connectivity index (χ3v) is 3.51. The molecule has 0 bridgehead atoms. The zero-order chi connectivity index (χ0) is 16.7. The van der Waals surface area contributed by atoms with Gasteiger partial charge in [0.05, 0.1) is 6.04 Å². The zero-order valence-electron chi connectivity index (χ0n) is 12.8. The molecule has 8 heteroatoms. The molecular weight excluding hydrogens is 290 g/mol. The van der Waals surface area contributed by atoms with Crippen LogP contribution in [0.4, 0.5) is 4.79 Å². The Hall–Kier alpha value is -2.12. The van der Waals surface area contributed by atoms with Crippen LogP contribution in [0.25, 0.3) is 0 Å². The fourth-order valence-corrected chi connectivity index (χ4v) is 2.46. The summed E-state index contributed by atoms with van der Waals surface area (Å²) in [5.41, 5.74) is 0. The number of carbonyl (C=O) groups excluding carboxylic acids is 3. The minimum atomic E-state index is -1.29. The molecule has 1 fully saturated rings. The van der Waals surface area contributed by atoms with Gasteiger partial charge < -0.3 is 25.9 Å². The molecule has 3 atom stereocenters. The van der Waals surface area contributed by atoms with Crippen molar-refractivity contribution in [2.75, 3.05) is 6.54 Å². The number of rotatable bonds is 8. The second kappa shape index (κ2) is 8.35. The van der Waals surface area contributed by atoms with Gasteiger partial charge in [0.1, 0.15) is 12.3 Å². The van der Waals surface area contributed by atoms with Crippen molar-refractivity contribution in [2.45, 2.75) is 45.2 Å². The summed E-state index contributed by atoms with van der Waals surface area (Å²) in [5, 5.41) is 16.1. The minimum Gasteiger partial charge on any atom is -0.465 e. The molecule has 4 N–H and O–H groups in total. The third-order valence-electron chi connectivity index (χ3n) is 3.51. The van der Waals surface area contributed by atoms with Crippen LogP contribution in [0.5, 0.6) is 0 Å². The summed E-state index contributed by atoms with van der Waals surface area (Å²) in [7, 11) is 0. The number of nitrogens with one attached hydrogen (secondary N) is 3. The van der Waals surface area contributed by atoms with Crippen LogP contribution in [0.2, 0.25) is 0 Å². The van der Waals surface area contributed by atoms with E-state index in [1.807, 2.05) is 13.8 Å². The molecule has 0 radical (unpaired) electrons. The van der Waals surface area contributed by atoms with Crippen LogP contribution in [0.1, 0.15) is 33.1 Å². The topological polar surface area (TPSA) is 125 Å². The quantitative estimate of drug-likeness (QED) is 0.465. The third kappa shape index (κ3) is 5.71. The van der Waals surface area contributed by atoms with Crippen LogP contribution in [0.15, 0.2) is 0 Å². The van der Waals surface area contributed by atoms with Gasteiger partial charge in [-0.2, -0.15) is 0 Å². The van der Waals surface area contributed by atoms with Crippen molar-refractivity contribution in [3.05, 3.63) is 0 Å². The Balaban J connectivity index is 2.61. The second-order valence-corrected chi connectivity index (χ2v) is 5.90. The SMILES string of the molecule is CC(C)C[C@H](NC(=O)O)C(=O)N[C@H](C=O)CC1CCNC1=O. The Labute approximate surface area is 129 Å². The molecule has 124 valence electrons. The lowest BCUT2D eigenvalue weighted by molar-refractivity contribution is -0.127. The van der Waals surface area contributed by atoms with Gasteiger partial charge in [0.25, 0.3) is 0 Å². The molecule has 8 nitrogen and oxygen atoms in total. The normalized spacial score (nSPS) is 20.1. The highest BCUT2D eigenvalue weighted by Gasteiger charge is 2.29. The monoisotopic (exact) mass is 313 g/mol. The van der Waals surface area contributed by atoms with Crippen LogP contribution < -0.4 is 16.0 Å². The van der Waals surface area contributed by atoms with E-state index in [0.29, 0.717) is 25.7 Å². The predicted octanol–water partition coefficient (Wildman–Crippen LogP) is -0.121. The van der Waals surface area contributed by atoms with Crippen molar-refractivity contribution in [2.24, 2.45) is 11.8 Å². The Morgan fingerprint density at radius 2 is 2.09 bits per heavy atom. The van der Waals surface area contributed by atoms with E-state index >= 15 is 0 Å². The summed E-state index contributed by atoms with van der Waals surface area (Å²) < 4.78 is 0. The number of hydrogen-bond acceptors (Lipinski definition) is 4. The summed E-state index contributed by atoms with van der Waals surface area (Å²) in [5.74, 6) is -0.862. The Bertz CT molecular complexity index is 438. The summed E-state index contributed by atoms with van der Waals surface area (Å²) in [6.45, 7) is 4.30. The average Bonchev–Trinajstić information content (AvgIpc) is 2.81. The molecule has 0 spiro atoms. The molecule has 1 aliphatic heterocycles. The summed E-state index contributed by atoms with van der Waals surface area (Å²) in [6.07, 6.45) is 0.466. The van der Waals surface area contributed by atoms with Crippen molar-refractivity contribution in [1.82, 2.24) is 16.0 Å². The second-order valence-electron chi connectivity index (χ2n) is 5.90. The number of amides is 3. The van der Waals surface area contributed by atoms with Crippen LogP contribution in [-0.4, -0.2) is 47.9 Å². The van der Waals surface area contributed by atoms with Crippen LogP contribution in [0.3, 0.4) is 0 Å². The Kier molecular flexibility index (Phi) is 6.81. The maximum Gasteiger partial charge on any atom is 0.405 e.